The minimum atomic E-state index is -0.844. The number of fused-ring (bicyclic) bond motifs is 1. The van der Waals surface area contributed by atoms with Gasteiger partial charge in [0.15, 0.2) is 0 Å². The predicted octanol–water partition coefficient (Wildman–Crippen LogP) is 3.05. The van der Waals surface area contributed by atoms with E-state index in [1.165, 1.54) is 5.56 Å². The maximum atomic E-state index is 12.1. The second kappa shape index (κ2) is 6.05. The monoisotopic (exact) mass is 291 g/mol. The van der Waals surface area contributed by atoms with Gasteiger partial charge in [-0.1, -0.05) is 19.1 Å². The number of amides is 1. The molecule has 1 aromatic heterocycles. The Morgan fingerprint density at radius 1 is 1.40 bits per heavy atom. The summed E-state index contributed by atoms with van der Waals surface area (Å²) in [6.07, 6.45) is 0.0594. The molecule has 2 rings (SSSR count). The van der Waals surface area contributed by atoms with E-state index in [9.17, 15) is 9.59 Å². The summed E-state index contributed by atoms with van der Waals surface area (Å²) >= 11 is 1.55. The van der Waals surface area contributed by atoms with E-state index < -0.39 is 5.97 Å². The summed E-state index contributed by atoms with van der Waals surface area (Å²) in [4.78, 5) is 22.7. The number of rotatable bonds is 5. The Bertz CT molecular complexity index is 648. The molecular weight excluding hydrogens is 274 g/mol. The van der Waals surface area contributed by atoms with Crippen molar-refractivity contribution in [2.24, 2.45) is 5.92 Å². The van der Waals surface area contributed by atoms with Crippen LogP contribution in [0.3, 0.4) is 0 Å². The quantitative estimate of drug-likeness (QED) is 0.889. The molecule has 0 fully saturated rings. The summed E-state index contributed by atoms with van der Waals surface area (Å²) < 4.78 is 1.09. The van der Waals surface area contributed by atoms with E-state index >= 15 is 0 Å². The fourth-order valence-corrected chi connectivity index (χ4v) is 3.08. The normalized spacial score (nSPS) is 12.3. The molecule has 106 valence electrons. The molecule has 0 radical (unpaired) electrons. The molecule has 0 aliphatic carbocycles. The van der Waals surface area contributed by atoms with Gasteiger partial charge in [-0.05, 0) is 24.5 Å². The maximum absolute atomic E-state index is 12.1. The first-order chi connectivity index (χ1) is 9.47. The summed E-state index contributed by atoms with van der Waals surface area (Å²) in [7, 11) is 0. The van der Waals surface area contributed by atoms with Crippen molar-refractivity contribution in [3.8, 4) is 0 Å². The Labute approximate surface area is 121 Å². The van der Waals surface area contributed by atoms with Gasteiger partial charge < -0.3 is 10.4 Å². The molecule has 0 saturated carbocycles. The molecule has 0 aliphatic rings. The Kier molecular flexibility index (Phi) is 4.39. The van der Waals surface area contributed by atoms with Gasteiger partial charge in [0.1, 0.15) is 0 Å². The van der Waals surface area contributed by atoms with Gasteiger partial charge in [0.05, 0.1) is 5.56 Å². The van der Waals surface area contributed by atoms with Crippen LogP contribution in [0.4, 0.5) is 0 Å². The highest BCUT2D eigenvalue weighted by molar-refractivity contribution is 7.17. The fourth-order valence-electron chi connectivity index (χ4n) is 2.04. The van der Waals surface area contributed by atoms with Crippen LogP contribution in [-0.4, -0.2) is 23.5 Å². The topological polar surface area (TPSA) is 66.4 Å². The van der Waals surface area contributed by atoms with Crippen LogP contribution < -0.4 is 5.32 Å². The van der Waals surface area contributed by atoms with Gasteiger partial charge in [0.25, 0.3) is 5.91 Å². The van der Waals surface area contributed by atoms with Crippen molar-refractivity contribution < 1.29 is 14.7 Å². The number of aryl methyl sites for hydroxylation is 1. The van der Waals surface area contributed by atoms with Gasteiger partial charge in [-0.2, -0.15) is 0 Å². The smallest absolute Gasteiger partial charge is 0.303 e. The predicted molar refractivity (Wildman–Crippen MR) is 80.3 cm³/mol. The summed E-state index contributed by atoms with van der Waals surface area (Å²) in [5.41, 5.74) is 1.83. The second-order valence-electron chi connectivity index (χ2n) is 5.06. The van der Waals surface area contributed by atoms with Crippen LogP contribution in [-0.2, 0) is 4.79 Å². The molecule has 0 saturated heterocycles. The molecule has 1 unspecified atom stereocenters. The number of carboxylic acids is 1. The molecule has 20 heavy (non-hydrogen) atoms. The van der Waals surface area contributed by atoms with E-state index in [-0.39, 0.29) is 18.2 Å². The molecule has 1 aromatic carbocycles. The number of aliphatic carboxylic acids is 1. The van der Waals surface area contributed by atoms with Crippen molar-refractivity contribution in [1.82, 2.24) is 5.32 Å². The van der Waals surface area contributed by atoms with Crippen molar-refractivity contribution in [3.63, 3.8) is 0 Å². The third-order valence-corrected chi connectivity index (χ3v) is 4.06. The van der Waals surface area contributed by atoms with Crippen molar-refractivity contribution in [1.29, 1.82) is 0 Å². The zero-order valence-electron chi connectivity index (χ0n) is 11.5. The first-order valence-electron chi connectivity index (χ1n) is 6.45. The summed E-state index contributed by atoms with van der Waals surface area (Å²) in [6.45, 7) is 4.20. The second-order valence-corrected chi connectivity index (χ2v) is 5.97. The minimum absolute atomic E-state index is 0.0594. The molecule has 2 aromatic rings. The van der Waals surface area contributed by atoms with Crippen molar-refractivity contribution >= 4 is 33.3 Å². The zero-order valence-corrected chi connectivity index (χ0v) is 12.3. The highest BCUT2D eigenvalue weighted by Crippen LogP contribution is 2.26. The van der Waals surface area contributed by atoms with Gasteiger partial charge in [0.2, 0.25) is 0 Å². The summed E-state index contributed by atoms with van der Waals surface area (Å²) in [5, 5.41) is 14.3. The number of hydrogen-bond donors (Lipinski definition) is 2. The lowest BCUT2D eigenvalue weighted by Crippen LogP contribution is -2.29. The van der Waals surface area contributed by atoms with E-state index in [2.05, 4.69) is 11.4 Å². The third kappa shape index (κ3) is 3.36. The van der Waals surface area contributed by atoms with Crippen molar-refractivity contribution in [2.75, 3.05) is 6.54 Å². The molecule has 0 bridgehead atoms. The largest absolute Gasteiger partial charge is 0.481 e. The van der Waals surface area contributed by atoms with Gasteiger partial charge in [-0.3, -0.25) is 9.59 Å². The highest BCUT2D eigenvalue weighted by Gasteiger charge is 2.14. The van der Waals surface area contributed by atoms with E-state index in [1.54, 1.807) is 11.3 Å². The molecule has 0 aliphatic heterocycles. The maximum Gasteiger partial charge on any atom is 0.303 e. The number of carbonyl (C=O) groups is 2. The summed E-state index contributed by atoms with van der Waals surface area (Å²) in [5.74, 6) is -1.07. The van der Waals surface area contributed by atoms with Crippen LogP contribution in [0.5, 0.6) is 0 Å². The van der Waals surface area contributed by atoms with Crippen LogP contribution in [0, 0.1) is 12.8 Å². The fraction of sp³-hybridized carbons (Fsp3) is 0.333. The number of thiophene rings is 1. The first kappa shape index (κ1) is 14.5. The van der Waals surface area contributed by atoms with Crippen LogP contribution in [0.15, 0.2) is 23.6 Å². The molecule has 2 N–H and O–H groups in total. The van der Waals surface area contributed by atoms with E-state index in [0.29, 0.717) is 12.1 Å². The average Bonchev–Trinajstić information content (AvgIpc) is 2.78. The average molecular weight is 291 g/mol. The summed E-state index contributed by atoms with van der Waals surface area (Å²) in [6, 6.07) is 6.00. The minimum Gasteiger partial charge on any atom is -0.481 e. The van der Waals surface area contributed by atoms with Crippen LogP contribution in [0.2, 0.25) is 0 Å². The highest BCUT2D eigenvalue weighted by atomic mass is 32.1. The van der Waals surface area contributed by atoms with Crippen LogP contribution >= 0.6 is 11.3 Å². The van der Waals surface area contributed by atoms with E-state index in [4.69, 9.17) is 5.11 Å². The standard InChI is InChI=1S/C15H17NO3S/c1-9-3-4-11-12(8-20-13(11)5-9)15(19)16-7-10(2)6-14(17)18/h3-5,8,10H,6-7H2,1-2H3,(H,16,19)(H,17,18). The molecule has 1 atom stereocenters. The lowest BCUT2D eigenvalue weighted by atomic mass is 10.1. The van der Waals surface area contributed by atoms with Crippen molar-refractivity contribution in [2.45, 2.75) is 20.3 Å². The van der Waals surface area contributed by atoms with Gasteiger partial charge in [-0.25, -0.2) is 0 Å². The Morgan fingerprint density at radius 3 is 2.85 bits per heavy atom. The third-order valence-electron chi connectivity index (χ3n) is 3.11. The van der Waals surface area contributed by atoms with Crippen LogP contribution in [0.25, 0.3) is 10.1 Å². The van der Waals surface area contributed by atoms with Crippen molar-refractivity contribution in [3.05, 3.63) is 34.7 Å². The van der Waals surface area contributed by atoms with E-state index in [1.807, 2.05) is 31.4 Å². The molecule has 0 spiro atoms. The number of carboxylic acid groups (broad SMARTS) is 1. The van der Waals surface area contributed by atoms with E-state index in [0.717, 1.165) is 10.1 Å². The lowest BCUT2D eigenvalue weighted by Gasteiger charge is -2.10. The molecule has 1 heterocycles. The molecule has 1 amide bonds. The number of nitrogens with one attached hydrogen (secondary N) is 1. The molecular formula is C15H17NO3S. The SMILES string of the molecule is Cc1ccc2c(C(=O)NCC(C)CC(=O)O)csc2c1. The Morgan fingerprint density at radius 2 is 2.15 bits per heavy atom. The Balaban J connectivity index is 2.06. The first-order valence-corrected chi connectivity index (χ1v) is 7.33. The lowest BCUT2D eigenvalue weighted by molar-refractivity contribution is -0.137. The number of hydrogen-bond acceptors (Lipinski definition) is 3. The van der Waals surface area contributed by atoms with Gasteiger partial charge >= 0.3 is 5.97 Å². The van der Waals surface area contributed by atoms with Gasteiger partial charge in [-0.15, -0.1) is 11.3 Å². The zero-order chi connectivity index (χ0) is 14.7. The molecule has 5 heteroatoms. The number of carbonyl (C=O) groups excluding carboxylic acids is 1. The molecule has 4 nitrogen and oxygen atoms in total. The number of benzene rings is 1. The Hall–Kier alpha value is -1.88. The van der Waals surface area contributed by atoms with Gasteiger partial charge in [0, 0.05) is 28.4 Å². The van der Waals surface area contributed by atoms with Crippen LogP contribution in [0.1, 0.15) is 29.3 Å².